The van der Waals surface area contributed by atoms with Crippen molar-refractivity contribution in [3.8, 4) is 0 Å². The SMILES string of the molecule is CCCCCCC/C=C/CCCCCCCCC(=O)OCC(COP(=O)(OC)OCCCC(=O)COCCOCCOCCOCCOCCOCCCC(=O)CCN1C(=O)CC(SC)C1=O)OC(=O)CCCCCCCC/C=C/CCCCCCC. The Bertz CT molecular complexity index is 1820. The van der Waals surface area contributed by atoms with Crippen molar-refractivity contribution in [1.29, 1.82) is 0 Å². The predicted molar refractivity (Wildman–Crippen MR) is 343 cm³/mol. The van der Waals surface area contributed by atoms with Crippen molar-refractivity contribution in [2.24, 2.45) is 0 Å². The van der Waals surface area contributed by atoms with Gasteiger partial charge in [0.2, 0.25) is 11.8 Å². The average molecular weight is 1280 g/mol. The number of Topliss-reactive ketones (excluding diaryl/α,β-unsaturated/α-hetero) is 2. The summed E-state index contributed by atoms with van der Waals surface area (Å²) in [6.07, 6.45) is 41.9. The number of phosphoric acid groups is 1. The highest BCUT2D eigenvalue weighted by molar-refractivity contribution is 8.00. The maximum Gasteiger partial charge on any atom is 0.474 e. The summed E-state index contributed by atoms with van der Waals surface area (Å²) in [7, 11) is -2.93. The monoisotopic (exact) mass is 1280 g/mol. The molecule has 1 saturated heterocycles. The summed E-state index contributed by atoms with van der Waals surface area (Å²) in [5.41, 5.74) is 0. The second kappa shape index (κ2) is 60.7. The summed E-state index contributed by atoms with van der Waals surface area (Å²) in [6, 6.07) is 0. The number of hydrogen-bond donors (Lipinski definition) is 0. The van der Waals surface area contributed by atoms with Crippen molar-refractivity contribution < 1.29 is 84.8 Å². The largest absolute Gasteiger partial charge is 0.474 e. The fraction of sp³-hybridized carbons (Fsp3) is 0.848. The van der Waals surface area contributed by atoms with Crippen LogP contribution in [-0.4, -0.2) is 171 Å². The zero-order valence-corrected chi connectivity index (χ0v) is 56.2. The maximum absolute atomic E-state index is 13.4. The van der Waals surface area contributed by atoms with E-state index in [4.69, 9.17) is 51.5 Å². The van der Waals surface area contributed by atoms with Gasteiger partial charge in [0.1, 0.15) is 19.0 Å². The van der Waals surface area contributed by atoms with Crippen LogP contribution in [0.25, 0.3) is 0 Å². The van der Waals surface area contributed by atoms with Crippen LogP contribution < -0.4 is 0 Å². The maximum atomic E-state index is 13.4. The van der Waals surface area contributed by atoms with Gasteiger partial charge in [-0.25, -0.2) is 4.57 Å². The van der Waals surface area contributed by atoms with Crippen LogP contribution in [0.5, 0.6) is 0 Å². The molecule has 1 fully saturated rings. The Kier molecular flexibility index (Phi) is 57.3. The van der Waals surface area contributed by atoms with Gasteiger partial charge in [-0.3, -0.25) is 47.2 Å². The number of phosphoric ester groups is 1. The third-order valence-electron chi connectivity index (χ3n) is 14.5. The molecule has 0 bridgehead atoms. The van der Waals surface area contributed by atoms with E-state index in [-0.39, 0.29) is 113 Å². The molecular weight excluding hydrogens is 1160 g/mol. The molecule has 0 aromatic rings. The lowest BCUT2D eigenvalue weighted by Gasteiger charge is -2.21. The topological polar surface area (TPSA) is 224 Å². The van der Waals surface area contributed by atoms with Gasteiger partial charge in [0.25, 0.3) is 0 Å². The van der Waals surface area contributed by atoms with Crippen molar-refractivity contribution in [2.75, 3.05) is 119 Å². The van der Waals surface area contributed by atoms with E-state index in [0.29, 0.717) is 85.1 Å². The second-order valence-electron chi connectivity index (χ2n) is 22.2. The highest BCUT2D eigenvalue weighted by Gasteiger charge is 2.38. The van der Waals surface area contributed by atoms with Crippen molar-refractivity contribution >= 4 is 54.9 Å². The zero-order valence-electron chi connectivity index (χ0n) is 54.5. The molecule has 506 valence electrons. The summed E-state index contributed by atoms with van der Waals surface area (Å²) < 4.78 is 73.8. The lowest BCUT2D eigenvalue weighted by molar-refractivity contribution is -0.161. The first-order valence-corrected chi connectivity index (χ1v) is 36.2. The van der Waals surface area contributed by atoms with Gasteiger partial charge in [-0.2, -0.15) is 11.8 Å². The Morgan fingerprint density at radius 3 is 1.39 bits per heavy atom. The minimum Gasteiger partial charge on any atom is -0.462 e. The summed E-state index contributed by atoms with van der Waals surface area (Å²) in [6.45, 7) is 7.74. The van der Waals surface area contributed by atoms with Crippen LogP contribution in [0.3, 0.4) is 0 Å². The Morgan fingerprint density at radius 1 is 0.494 bits per heavy atom. The standard InChI is InChI=1S/C66H118NO18PS/c1-5-7-9-11-13-15-17-19-21-23-25-27-29-31-33-39-64(71)82-57-61(85-65(72)40-34-32-30-28-26-24-22-20-18-16-14-12-10-8-6-2)58-84-86(74,75-3)83-44-36-38-60(69)56-81-54-53-80-52-51-79-50-49-78-48-47-77-46-45-76-43-35-37-59(68)41-42-67-63(70)55-62(87-4)66(67)73/h17-20,61-62H,5-16,21-58H2,1-4H3/b19-17+,20-18+. The van der Waals surface area contributed by atoms with Crippen molar-refractivity contribution in [3.05, 3.63) is 24.3 Å². The molecule has 0 N–H and O–H groups in total. The first-order valence-electron chi connectivity index (χ1n) is 33.4. The predicted octanol–water partition coefficient (Wildman–Crippen LogP) is 14.0. The van der Waals surface area contributed by atoms with Crippen LogP contribution in [0.4, 0.5) is 0 Å². The Labute approximate surface area is 529 Å². The molecule has 19 nitrogen and oxygen atoms in total. The van der Waals surface area contributed by atoms with E-state index in [1.807, 2.05) is 0 Å². The van der Waals surface area contributed by atoms with Gasteiger partial charge in [-0.1, -0.05) is 141 Å². The molecule has 0 radical (unpaired) electrons. The van der Waals surface area contributed by atoms with E-state index in [0.717, 1.165) is 57.8 Å². The molecule has 1 rings (SSSR count). The number of unbranched alkanes of at least 4 members (excludes halogenated alkanes) is 22. The average Bonchev–Trinajstić information content (AvgIpc) is 4.09. The van der Waals surface area contributed by atoms with Gasteiger partial charge in [0, 0.05) is 58.8 Å². The lowest BCUT2D eigenvalue weighted by atomic mass is 10.1. The fourth-order valence-corrected chi connectivity index (χ4v) is 10.8. The molecule has 87 heavy (non-hydrogen) atoms. The van der Waals surface area contributed by atoms with Crippen LogP contribution in [-0.2, 0) is 84.8 Å². The van der Waals surface area contributed by atoms with Gasteiger partial charge in [0.05, 0.1) is 84.5 Å². The van der Waals surface area contributed by atoms with Crippen LogP contribution in [0, 0.1) is 0 Å². The number of thioether (sulfide) groups is 1. The fourth-order valence-electron chi connectivity index (χ4n) is 9.22. The Morgan fingerprint density at radius 2 is 0.920 bits per heavy atom. The molecule has 0 aliphatic carbocycles. The first-order chi connectivity index (χ1) is 42.5. The van der Waals surface area contributed by atoms with Crippen molar-refractivity contribution in [2.45, 2.75) is 244 Å². The molecule has 3 atom stereocenters. The van der Waals surface area contributed by atoms with Gasteiger partial charge < -0.3 is 37.9 Å². The van der Waals surface area contributed by atoms with Gasteiger partial charge in [0.15, 0.2) is 11.9 Å². The van der Waals surface area contributed by atoms with E-state index >= 15 is 0 Å². The molecule has 3 unspecified atom stereocenters. The smallest absolute Gasteiger partial charge is 0.462 e. The van der Waals surface area contributed by atoms with Crippen LogP contribution in [0.1, 0.15) is 232 Å². The van der Waals surface area contributed by atoms with E-state index < -0.39 is 25.9 Å². The van der Waals surface area contributed by atoms with Gasteiger partial charge in [-0.05, 0) is 83.3 Å². The van der Waals surface area contributed by atoms with E-state index in [9.17, 15) is 33.3 Å². The number of carbonyl (C=O) groups excluding carboxylic acids is 6. The molecule has 21 heteroatoms. The molecule has 0 aromatic carbocycles. The second-order valence-corrected chi connectivity index (χ2v) is 25.0. The minimum atomic E-state index is -4.11. The molecule has 1 heterocycles. The molecule has 0 spiro atoms. The molecule has 0 saturated carbocycles. The number of hydrogen-bond acceptors (Lipinski definition) is 19. The van der Waals surface area contributed by atoms with E-state index in [1.54, 1.807) is 6.26 Å². The number of imide groups is 1. The number of ketones is 2. The van der Waals surface area contributed by atoms with Gasteiger partial charge >= 0.3 is 19.8 Å². The molecule has 1 aliphatic heterocycles. The molecule has 2 amide bonds. The number of likely N-dealkylation sites (tertiary alicyclic amines) is 1. The normalized spacial score (nSPS) is 14.7. The van der Waals surface area contributed by atoms with Gasteiger partial charge in [-0.15, -0.1) is 0 Å². The van der Waals surface area contributed by atoms with Crippen LogP contribution >= 0.6 is 19.6 Å². The third kappa shape index (κ3) is 51.4. The molecular formula is C66H118NO18PS. The highest BCUT2D eigenvalue weighted by Crippen LogP contribution is 2.48. The van der Waals surface area contributed by atoms with Crippen molar-refractivity contribution in [3.63, 3.8) is 0 Å². The molecule has 1 aliphatic rings. The summed E-state index contributed by atoms with van der Waals surface area (Å²) in [5, 5.41) is -0.335. The third-order valence-corrected chi connectivity index (χ3v) is 16.8. The summed E-state index contributed by atoms with van der Waals surface area (Å²) >= 11 is 1.36. The van der Waals surface area contributed by atoms with E-state index in [2.05, 4.69) is 38.2 Å². The first kappa shape index (κ1) is 82.1. The Balaban J connectivity index is 2.24. The summed E-state index contributed by atoms with van der Waals surface area (Å²) in [5.74, 6) is -1.44. The highest BCUT2D eigenvalue weighted by atomic mass is 32.2. The number of carbonyl (C=O) groups is 6. The van der Waals surface area contributed by atoms with Crippen LogP contribution in [0.2, 0.25) is 0 Å². The lowest BCUT2D eigenvalue weighted by Crippen LogP contribution is -2.33. The zero-order chi connectivity index (χ0) is 63.4. The quantitative estimate of drug-likeness (QED) is 0.0181. The number of rotatable bonds is 67. The summed E-state index contributed by atoms with van der Waals surface area (Å²) in [4.78, 5) is 75.8. The van der Waals surface area contributed by atoms with Crippen LogP contribution in [0.15, 0.2) is 24.3 Å². The number of amides is 2. The Hall–Kier alpha value is -2.88. The minimum absolute atomic E-state index is 0.00169. The number of ether oxygens (including phenoxy) is 8. The number of esters is 2. The number of nitrogens with zero attached hydrogens (tertiary/aromatic N) is 1. The molecule has 0 aromatic heterocycles. The van der Waals surface area contributed by atoms with E-state index in [1.165, 1.54) is 120 Å². The number of allylic oxidation sites excluding steroid dienone is 4. The van der Waals surface area contributed by atoms with Crippen molar-refractivity contribution in [1.82, 2.24) is 4.90 Å².